The van der Waals surface area contributed by atoms with E-state index in [2.05, 4.69) is 14.9 Å². The Balaban J connectivity index is 1.82. The van der Waals surface area contributed by atoms with Crippen LogP contribution in [0.3, 0.4) is 0 Å². The van der Waals surface area contributed by atoms with Gasteiger partial charge in [-0.25, -0.2) is 4.98 Å². The second-order valence-electron chi connectivity index (χ2n) is 4.88. The fourth-order valence-electron chi connectivity index (χ4n) is 2.25. The Labute approximate surface area is 119 Å². The minimum absolute atomic E-state index is 0.524. The van der Waals surface area contributed by atoms with Crippen LogP contribution in [0.2, 0.25) is 5.15 Å². The lowest BCUT2D eigenvalue weighted by Crippen LogP contribution is -2.38. The molecule has 1 fully saturated rings. The SMILES string of the molecule is NC(=NCCc1ccc(Cl)nc1)N1CCCCCC1. The number of nitrogens with two attached hydrogens (primary N) is 1. The molecule has 1 saturated heterocycles. The van der Waals surface area contributed by atoms with Crippen LogP contribution >= 0.6 is 11.6 Å². The smallest absolute Gasteiger partial charge is 0.191 e. The molecule has 2 heterocycles. The zero-order valence-corrected chi connectivity index (χ0v) is 11.9. The van der Waals surface area contributed by atoms with Crippen LogP contribution in [0.25, 0.3) is 0 Å². The van der Waals surface area contributed by atoms with E-state index in [1.54, 1.807) is 12.3 Å². The zero-order valence-electron chi connectivity index (χ0n) is 11.2. The van der Waals surface area contributed by atoms with Crippen LogP contribution in [-0.2, 0) is 6.42 Å². The monoisotopic (exact) mass is 280 g/mol. The van der Waals surface area contributed by atoms with Crippen LogP contribution in [0.15, 0.2) is 23.3 Å². The number of aromatic nitrogens is 1. The highest BCUT2D eigenvalue weighted by molar-refractivity contribution is 6.29. The van der Waals surface area contributed by atoms with Gasteiger partial charge in [-0.1, -0.05) is 30.5 Å². The molecule has 1 aromatic heterocycles. The number of halogens is 1. The predicted molar refractivity (Wildman–Crippen MR) is 79.5 cm³/mol. The molecule has 0 aliphatic carbocycles. The molecule has 0 radical (unpaired) electrons. The zero-order chi connectivity index (χ0) is 13.5. The number of nitrogens with zero attached hydrogens (tertiary/aromatic N) is 3. The van der Waals surface area contributed by atoms with Crippen molar-refractivity contribution in [1.82, 2.24) is 9.88 Å². The molecule has 19 heavy (non-hydrogen) atoms. The summed E-state index contributed by atoms with van der Waals surface area (Å²) in [5, 5.41) is 0.524. The number of pyridine rings is 1. The van der Waals surface area contributed by atoms with E-state index in [1.807, 2.05) is 6.07 Å². The molecule has 1 aliphatic heterocycles. The average molecular weight is 281 g/mol. The molecule has 0 atom stereocenters. The van der Waals surface area contributed by atoms with Gasteiger partial charge in [-0.2, -0.15) is 0 Å². The molecular formula is C14H21ClN4. The fourth-order valence-corrected chi connectivity index (χ4v) is 2.37. The third-order valence-corrected chi connectivity index (χ3v) is 3.62. The molecule has 4 nitrogen and oxygen atoms in total. The topological polar surface area (TPSA) is 54.5 Å². The summed E-state index contributed by atoms with van der Waals surface area (Å²) in [5.41, 5.74) is 7.18. The summed E-state index contributed by atoms with van der Waals surface area (Å²) in [7, 11) is 0. The number of hydrogen-bond donors (Lipinski definition) is 1. The van der Waals surface area contributed by atoms with Crippen molar-refractivity contribution in [2.75, 3.05) is 19.6 Å². The highest BCUT2D eigenvalue weighted by Crippen LogP contribution is 2.09. The van der Waals surface area contributed by atoms with Crippen LogP contribution in [0, 0.1) is 0 Å². The molecule has 0 bridgehead atoms. The van der Waals surface area contributed by atoms with Crippen LogP contribution in [0.1, 0.15) is 31.2 Å². The molecule has 2 N–H and O–H groups in total. The van der Waals surface area contributed by atoms with E-state index in [0.29, 0.717) is 17.7 Å². The van der Waals surface area contributed by atoms with Crippen molar-refractivity contribution in [3.63, 3.8) is 0 Å². The van der Waals surface area contributed by atoms with E-state index in [0.717, 1.165) is 25.1 Å². The number of aliphatic imine (C=N–C) groups is 1. The van der Waals surface area contributed by atoms with Crippen molar-refractivity contribution in [3.8, 4) is 0 Å². The maximum atomic E-state index is 6.05. The third-order valence-electron chi connectivity index (χ3n) is 3.39. The minimum atomic E-state index is 0.524. The molecule has 0 aromatic carbocycles. The van der Waals surface area contributed by atoms with E-state index in [4.69, 9.17) is 17.3 Å². The number of hydrogen-bond acceptors (Lipinski definition) is 2. The Morgan fingerprint density at radius 3 is 2.63 bits per heavy atom. The van der Waals surface area contributed by atoms with Gasteiger partial charge in [-0.15, -0.1) is 0 Å². The van der Waals surface area contributed by atoms with Crippen LogP contribution in [0.5, 0.6) is 0 Å². The Morgan fingerprint density at radius 2 is 2.00 bits per heavy atom. The van der Waals surface area contributed by atoms with E-state index in [1.165, 1.54) is 25.7 Å². The van der Waals surface area contributed by atoms with Crippen LogP contribution in [0.4, 0.5) is 0 Å². The average Bonchev–Trinajstić information content (AvgIpc) is 2.70. The molecule has 0 spiro atoms. The Bertz CT molecular complexity index is 408. The van der Waals surface area contributed by atoms with Gasteiger partial charge in [-0.05, 0) is 30.9 Å². The molecule has 104 valence electrons. The summed E-state index contributed by atoms with van der Waals surface area (Å²) in [6, 6.07) is 3.78. The normalized spacial score (nSPS) is 17.3. The lowest BCUT2D eigenvalue weighted by atomic mass is 10.2. The first kappa shape index (κ1) is 14.1. The fraction of sp³-hybridized carbons (Fsp3) is 0.571. The second-order valence-corrected chi connectivity index (χ2v) is 5.27. The van der Waals surface area contributed by atoms with E-state index < -0.39 is 0 Å². The molecule has 1 aliphatic rings. The first-order valence-electron chi connectivity index (χ1n) is 6.91. The molecule has 1 aromatic rings. The summed E-state index contributed by atoms with van der Waals surface area (Å²) < 4.78 is 0. The molecule has 0 amide bonds. The predicted octanol–water partition coefficient (Wildman–Crippen LogP) is 2.47. The Morgan fingerprint density at radius 1 is 1.26 bits per heavy atom. The lowest BCUT2D eigenvalue weighted by molar-refractivity contribution is 0.428. The number of likely N-dealkylation sites (tertiary alicyclic amines) is 1. The summed E-state index contributed by atoms with van der Waals surface area (Å²) in [6.07, 6.45) is 7.69. The van der Waals surface area contributed by atoms with Gasteiger partial charge in [0.2, 0.25) is 0 Å². The minimum Gasteiger partial charge on any atom is -0.370 e. The molecule has 5 heteroatoms. The van der Waals surface area contributed by atoms with Gasteiger partial charge in [0.15, 0.2) is 5.96 Å². The van der Waals surface area contributed by atoms with Gasteiger partial charge in [-0.3, -0.25) is 4.99 Å². The summed E-state index contributed by atoms with van der Waals surface area (Å²) in [5.74, 6) is 0.684. The molecular weight excluding hydrogens is 260 g/mol. The maximum absolute atomic E-state index is 6.05. The summed E-state index contributed by atoms with van der Waals surface area (Å²) in [4.78, 5) is 10.7. The van der Waals surface area contributed by atoms with E-state index >= 15 is 0 Å². The first-order chi connectivity index (χ1) is 9.25. The van der Waals surface area contributed by atoms with E-state index in [-0.39, 0.29) is 0 Å². The number of rotatable bonds is 3. The van der Waals surface area contributed by atoms with Gasteiger partial charge in [0, 0.05) is 25.8 Å². The highest BCUT2D eigenvalue weighted by Gasteiger charge is 2.10. The highest BCUT2D eigenvalue weighted by atomic mass is 35.5. The summed E-state index contributed by atoms with van der Waals surface area (Å²) in [6.45, 7) is 2.78. The van der Waals surface area contributed by atoms with Crippen molar-refractivity contribution in [2.24, 2.45) is 10.7 Å². The van der Waals surface area contributed by atoms with E-state index in [9.17, 15) is 0 Å². The van der Waals surface area contributed by atoms with Crippen molar-refractivity contribution in [1.29, 1.82) is 0 Å². The van der Waals surface area contributed by atoms with Gasteiger partial charge in [0.1, 0.15) is 5.15 Å². The first-order valence-corrected chi connectivity index (χ1v) is 7.29. The second kappa shape index (κ2) is 7.34. The van der Waals surface area contributed by atoms with Gasteiger partial charge >= 0.3 is 0 Å². The standard InChI is InChI=1S/C14H21ClN4/c15-13-6-5-12(11-18-13)7-8-17-14(16)19-9-3-1-2-4-10-19/h5-6,11H,1-4,7-10H2,(H2,16,17). The maximum Gasteiger partial charge on any atom is 0.191 e. The molecule has 2 rings (SSSR count). The molecule has 0 unspecified atom stereocenters. The van der Waals surface area contributed by atoms with Gasteiger partial charge in [0.25, 0.3) is 0 Å². The van der Waals surface area contributed by atoms with Crippen LogP contribution in [-0.4, -0.2) is 35.5 Å². The Hall–Kier alpha value is -1.29. The third kappa shape index (κ3) is 4.71. The quantitative estimate of drug-likeness (QED) is 0.526. The molecule has 0 saturated carbocycles. The largest absolute Gasteiger partial charge is 0.370 e. The van der Waals surface area contributed by atoms with Gasteiger partial charge < -0.3 is 10.6 Å². The Kier molecular flexibility index (Phi) is 5.45. The van der Waals surface area contributed by atoms with Crippen molar-refractivity contribution in [3.05, 3.63) is 29.0 Å². The van der Waals surface area contributed by atoms with Crippen LogP contribution < -0.4 is 5.73 Å². The summed E-state index contributed by atoms with van der Waals surface area (Å²) >= 11 is 5.75. The van der Waals surface area contributed by atoms with Crippen molar-refractivity contribution < 1.29 is 0 Å². The lowest BCUT2D eigenvalue weighted by Gasteiger charge is -2.21. The number of guanidine groups is 1. The van der Waals surface area contributed by atoms with Gasteiger partial charge in [0.05, 0.1) is 0 Å². The van der Waals surface area contributed by atoms with Crippen molar-refractivity contribution in [2.45, 2.75) is 32.1 Å². The van der Waals surface area contributed by atoms with Crippen molar-refractivity contribution >= 4 is 17.6 Å².